The van der Waals surface area contributed by atoms with E-state index in [4.69, 9.17) is 11.6 Å². The summed E-state index contributed by atoms with van der Waals surface area (Å²) in [6.45, 7) is 0.442. The molecule has 0 unspecified atom stereocenters. The number of pyridine rings is 1. The van der Waals surface area contributed by atoms with E-state index in [0.717, 1.165) is 5.56 Å². The highest BCUT2D eigenvalue weighted by Gasteiger charge is 2.03. The molecule has 15 heavy (non-hydrogen) atoms. The number of aromatic nitrogens is 1. The molecule has 0 spiro atoms. The van der Waals surface area contributed by atoms with Crippen LogP contribution in [0.5, 0.6) is 0 Å². The Kier molecular flexibility index (Phi) is 4.77. The first-order chi connectivity index (χ1) is 7.18. The number of nitrogens with one attached hydrogen (secondary N) is 1. The van der Waals surface area contributed by atoms with E-state index >= 15 is 0 Å². The van der Waals surface area contributed by atoms with Crippen molar-refractivity contribution in [3.63, 3.8) is 0 Å². The first-order valence-corrected chi connectivity index (χ1v) is 4.90. The molecule has 1 N–H and O–H groups in total. The van der Waals surface area contributed by atoms with E-state index < -0.39 is 5.24 Å². The molecule has 5 heteroatoms. The molecule has 0 aliphatic carbocycles. The van der Waals surface area contributed by atoms with Crippen molar-refractivity contribution in [2.24, 2.45) is 0 Å². The summed E-state index contributed by atoms with van der Waals surface area (Å²) in [6, 6.07) is 3.62. The van der Waals surface area contributed by atoms with E-state index in [1.807, 2.05) is 12.1 Å². The number of hydrogen-bond donors (Lipinski definition) is 1. The van der Waals surface area contributed by atoms with Crippen molar-refractivity contribution in [2.45, 2.75) is 19.4 Å². The average Bonchev–Trinajstić information content (AvgIpc) is 2.25. The Morgan fingerprint density at radius 3 is 2.53 bits per heavy atom. The number of hydrogen-bond acceptors (Lipinski definition) is 3. The number of rotatable bonds is 5. The first-order valence-electron chi connectivity index (χ1n) is 4.52. The van der Waals surface area contributed by atoms with Crippen LogP contribution >= 0.6 is 11.6 Å². The van der Waals surface area contributed by atoms with E-state index in [1.54, 1.807) is 12.4 Å². The van der Waals surface area contributed by atoms with Gasteiger partial charge in [-0.2, -0.15) is 0 Å². The molecule has 1 aromatic rings. The fourth-order valence-electron chi connectivity index (χ4n) is 1.00. The molecule has 0 atom stereocenters. The average molecular weight is 227 g/mol. The van der Waals surface area contributed by atoms with Gasteiger partial charge in [0.05, 0.1) is 0 Å². The molecule has 0 fully saturated rings. The SMILES string of the molecule is O=C(Cl)CCC(=O)NCc1ccncc1. The van der Waals surface area contributed by atoms with Gasteiger partial charge in [0.25, 0.3) is 0 Å². The summed E-state index contributed by atoms with van der Waals surface area (Å²) in [5.74, 6) is -0.180. The fraction of sp³-hybridized carbons (Fsp3) is 0.300. The van der Waals surface area contributed by atoms with Crippen molar-refractivity contribution in [1.29, 1.82) is 0 Å². The molecule has 0 aliphatic rings. The molecule has 1 aromatic heterocycles. The van der Waals surface area contributed by atoms with E-state index in [9.17, 15) is 9.59 Å². The summed E-state index contributed by atoms with van der Waals surface area (Å²) in [7, 11) is 0. The highest BCUT2D eigenvalue weighted by atomic mass is 35.5. The predicted molar refractivity (Wildman–Crippen MR) is 56.2 cm³/mol. The number of carbonyl (C=O) groups excluding carboxylic acids is 2. The van der Waals surface area contributed by atoms with E-state index in [1.165, 1.54) is 0 Å². The second-order valence-electron chi connectivity index (χ2n) is 2.99. The minimum Gasteiger partial charge on any atom is -0.352 e. The molecule has 0 radical (unpaired) electrons. The van der Waals surface area contributed by atoms with Crippen molar-refractivity contribution in [1.82, 2.24) is 10.3 Å². The van der Waals surface area contributed by atoms with Crippen LogP contribution in [0.1, 0.15) is 18.4 Å². The zero-order chi connectivity index (χ0) is 11.1. The van der Waals surface area contributed by atoms with Crippen molar-refractivity contribution < 1.29 is 9.59 Å². The van der Waals surface area contributed by atoms with Crippen LogP contribution in [0.3, 0.4) is 0 Å². The zero-order valence-corrected chi connectivity index (χ0v) is 8.83. The highest BCUT2D eigenvalue weighted by molar-refractivity contribution is 6.63. The summed E-state index contributed by atoms with van der Waals surface area (Å²) in [6.07, 6.45) is 3.52. The van der Waals surface area contributed by atoms with Crippen LogP contribution in [-0.2, 0) is 16.1 Å². The number of amides is 1. The van der Waals surface area contributed by atoms with Gasteiger partial charge in [-0.1, -0.05) is 0 Å². The predicted octanol–water partition coefficient (Wildman–Crippen LogP) is 1.24. The lowest BCUT2D eigenvalue weighted by molar-refractivity contribution is -0.123. The van der Waals surface area contributed by atoms with Gasteiger partial charge in [0.1, 0.15) is 0 Å². The maximum Gasteiger partial charge on any atom is 0.222 e. The minimum atomic E-state index is -0.492. The molecule has 0 bridgehead atoms. The van der Waals surface area contributed by atoms with Crippen LogP contribution in [-0.4, -0.2) is 16.1 Å². The lowest BCUT2D eigenvalue weighted by atomic mass is 10.2. The smallest absolute Gasteiger partial charge is 0.222 e. The first kappa shape index (κ1) is 11.7. The van der Waals surface area contributed by atoms with Gasteiger partial charge in [-0.25, -0.2) is 0 Å². The van der Waals surface area contributed by atoms with E-state index in [-0.39, 0.29) is 18.7 Å². The molecule has 1 rings (SSSR count). The third-order valence-corrected chi connectivity index (χ3v) is 1.98. The minimum absolute atomic E-state index is 0.0731. The molecular formula is C10H11ClN2O2. The van der Waals surface area contributed by atoms with Gasteiger partial charge in [0.15, 0.2) is 0 Å². The Morgan fingerprint density at radius 1 is 1.27 bits per heavy atom. The maximum atomic E-state index is 11.2. The van der Waals surface area contributed by atoms with Gasteiger partial charge < -0.3 is 5.32 Å². The third kappa shape index (κ3) is 5.12. The Morgan fingerprint density at radius 2 is 1.93 bits per heavy atom. The van der Waals surface area contributed by atoms with Crippen LogP contribution < -0.4 is 5.32 Å². The maximum absolute atomic E-state index is 11.2. The number of nitrogens with zero attached hydrogens (tertiary/aromatic N) is 1. The molecule has 0 saturated heterocycles. The van der Waals surface area contributed by atoms with Gasteiger partial charge in [0.2, 0.25) is 11.1 Å². The topological polar surface area (TPSA) is 59.1 Å². The van der Waals surface area contributed by atoms with E-state index in [2.05, 4.69) is 10.3 Å². The summed E-state index contributed by atoms with van der Waals surface area (Å²) in [5, 5.41) is 2.19. The second-order valence-corrected chi connectivity index (χ2v) is 3.41. The van der Waals surface area contributed by atoms with Crippen molar-refractivity contribution in [3.05, 3.63) is 30.1 Å². The standard InChI is InChI=1S/C10H11ClN2O2/c11-9(14)1-2-10(15)13-7-8-3-5-12-6-4-8/h3-6H,1-2,7H2,(H,13,15). The molecular weight excluding hydrogens is 216 g/mol. The highest BCUT2D eigenvalue weighted by Crippen LogP contribution is 1.97. The van der Waals surface area contributed by atoms with Crippen molar-refractivity contribution >= 4 is 22.8 Å². The molecule has 0 aromatic carbocycles. The van der Waals surface area contributed by atoms with Gasteiger partial charge in [-0.3, -0.25) is 14.6 Å². The van der Waals surface area contributed by atoms with Crippen LogP contribution in [0.4, 0.5) is 0 Å². The number of carbonyl (C=O) groups is 2. The largest absolute Gasteiger partial charge is 0.352 e. The Balaban J connectivity index is 2.26. The zero-order valence-electron chi connectivity index (χ0n) is 8.07. The third-order valence-electron chi connectivity index (χ3n) is 1.79. The van der Waals surface area contributed by atoms with Gasteiger partial charge in [0, 0.05) is 31.8 Å². The molecule has 0 aliphatic heterocycles. The molecule has 4 nitrogen and oxygen atoms in total. The summed E-state index contributed by atoms with van der Waals surface area (Å²) < 4.78 is 0. The van der Waals surface area contributed by atoms with Crippen molar-refractivity contribution in [2.75, 3.05) is 0 Å². The lowest BCUT2D eigenvalue weighted by Crippen LogP contribution is -2.22. The molecule has 80 valence electrons. The molecule has 1 heterocycles. The van der Waals surface area contributed by atoms with Crippen molar-refractivity contribution in [3.8, 4) is 0 Å². The van der Waals surface area contributed by atoms with Crippen LogP contribution in [0, 0.1) is 0 Å². The van der Waals surface area contributed by atoms with E-state index in [0.29, 0.717) is 6.54 Å². The Hall–Kier alpha value is -1.42. The summed E-state index contributed by atoms with van der Waals surface area (Å²) in [5.41, 5.74) is 0.968. The molecule has 1 amide bonds. The lowest BCUT2D eigenvalue weighted by Gasteiger charge is -2.03. The Bertz CT molecular complexity index is 341. The molecule has 0 saturated carbocycles. The normalized spacial score (nSPS) is 9.67. The monoisotopic (exact) mass is 226 g/mol. The quantitative estimate of drug-likeness (QED) is 0.769. The number of halogens is 1. The summed E-state index contributed by atoms with van der Waals surface area (Å²) >= 11 is 5.11. The fourth-order valence-corrected chi connectivity index (χ4v) is 1.10. The Labute approximate surface area is 92.7 Å². The second kappa shape index (κ2) is 6.14. The summed E-state index contributed by atoms with van der Waals surface area (Å²) in [4.78, 5) is 25.4. The van der Waals surface area contributed by atoms with Crippen LogP contribution in [0.2, 0.25) is 0 Å². The van der Waals surface area contributed by atoms with Gasteiger partial charge in [-0.05, 0) is 29.3 Å². The van der Waals surface area contributed by atoms with Crippen LogP contribution in [0.15, 0.2) is 24.5 Å². The van der Waals surface area contributed by atoms with Gasteiger partial charge in [-0.15, -0.1) is 0 Å². The van der Waals surface area contributed by atoms with Crippen LogP contribution in [0.25, 0.3) is 0 Å². The van der Waals surface area contributed by atoms with Gasteiger partial charge >= 0.3 is 0 Å².